The number of anilines is 1. The lowest BCUT2D eigenvalue weighted by Gasteiger charge is -2.32. The second-order valence-electron chi connectivity index (χ2n) is 7.23. The largest absolute Gasteiger partial charge is 0.426 e. The minimum absolute atomic E-state index is 0.327. The van der Waals surface area contributed by atoms with E-state index < -0.39 is 28.4 Å². The van der Waals surface area contributed by atoms with E-state index in [9.17, 15) is 24.4 Å². The van der Waals surface area contributed by atoms with Gasteiger partial charge in [0.25, 0.3) is 0 Å². The molecule has 178 valence electrons. The van der Waals surface area contributed by atoms with Gasteiger partial charge in [0, 0.05) is 22.6 Å². The smallest absolute Gasteiger partial charge is 0.415 e. The molecule has 1 aromatic carbocycles. The predicted molar refractivity (Wildman–Crippen MR) is 129 cm³/mol. The Morgan fingerprint density at radius 3 is 2.41 bits per heavy atom. The van der Waals surface area contributed by atoms with Crippen LogP contribution in [-0.4, -0.2) is 66.8 Å². The quantitative estimate of drug-likeness (QED) is 0.334. The van der Waals surface area contributed by atoms with Crippen molar-refractivity contribution in [1.29, 1.82) is 0 Å². The van der Waals surface area contributed by atoms with Crippen molar-refractivity contribution in [2.75, 3.05) is 24.5 Å². The molecule has 2 aromatic rings. The molecule has 0 aliphatic rings. The Balaban J connectivity index is 2.38. The van der Waals surface area contributed by atoms with Crippen molar-refractivity contribution in [3.05, 3.63) is 35.5 Å². The number of halogens is 1. The standard InChI is InChI=1S/C20H30ClN3O6P2/c1-4-23(5-2)12-6-7-14(3)24(19(25)30-20(31(26)27)32(28)29)18-10-11-22-17-13-15(21)8-9-16(17)18/h8-11,13-14,20,26-29H,4-7,12H2,1-3H3. The third-order valence-corrected chi connectivity index (χ3v) is 7.65. The van der Waals surface area contributed by atoms with Gasteiger partial charge in [0.1, 0.15) is 0 Å². The Hall–Kier alpha value is -1.15. The molecule has 1 amide bonds. The van der Waals surface area contributed by atoms with Crippen molar-refractivity contribution >= 4 is 51.0 Å². The molecule has 12 heteroatoms. The summed E-state index contributed by atoms with van der Waals surface area (Å²) in [6.45, 7) is 8.78. The van der Waals surface area contributed by atoms with Gasteiger partial charge in [-0.05, 0) is 63.7 Å². The maximum Gasteiger partial charge on any atom is 0.415 e. The summed E-state index contributed by atoms with van der Waals surface area (Å²) in [5.41, 5.74) is -0.704. The molecule has 0 saturated carbocycles. The third kappa shape index (κ3) is 7.17. The maximum atomic E-state index is 13.1. The average Bonchev–Trinajstić information content (AvgIpc) is 2.74. The summed E-state index contributed by atoms with van der Waals surface area (Å²) in [5.74, 6) is 0. The molecule has 0 aliphatic carbocycles. The Morgan fingerprint density at radius 1 is 1.16 bits per heavy atom. The van der Waals surface area contributed by atoms with Gasteiger partial charge in [0.05, 0.1) is 11.2 Å². The number of hydrogen-bond donors (Lipinski definition) is 4. The predicted octanol–water partition coefficient (Wildman–Crippen LogP) is 4.22. The lowest BCUT2D eigenvalue weighted by atomic mass is 10.1. The molecule has 0 aliphatic heterocycles. The van der Waals surface area contributed by atoms with Crippen molar-refractivity contribution in [3.8, 4) is 0 Å². The van der Waals surface area contributed by atoms with Crippen LogP contribution in [0.3, 0.4) is 0 Å². The first-order valence-corrected chi connectivity index (χ1v) is 13.3. The number of ether oxygens (including phenoxy) is 1. The molecule has 0 bridgehead atoms. The van der Waals surface area contributed by atoms with Crippen LogP contribution < -0.4 is 4.90 Å². The van der Waals surface area contributed by atoms with Crippen LogP contribution in [0.2, 0.25) is 5.02 Å². The molecular formula is C20H30ClN3O6P2. The SMILES string of the molecule is CCN(CC)CCCC(C)N(C(=O)OC(P(O)O)P(O)O)c1ccnc2cc(Cl)ccc12. The molecule has 1 atom stereocenters. The molecule has 4 N–H and O–H groups in total. The molecule has 1 unspecified atom stereocenters. The number of aromatic nitrogens is 1. The van der Waals surface area contributed by atoms with Gasteiger partial charge in [-0.3, -0.25) is 9.88 Å². The Labute approximate surface area is 195 Å². The van der Waals surface area contributed by atoms with Crippen LogP contribution in [-0.2, 0) is 4.74 Å². The van der Waals surface area contributed by atoms with Crippen molar-refractivity contribution in [2.24, 2.45) is 0 Å². The Kier molecular flexibility index (Phi) is 10.9. The zero-order chi connectivity index (χ0) is 23.8. The summed E-state index contributed by atoms with van der Waals surface area (Å²) in [6.07, 6.45) is 2.11. The number of carbonyl (C=O) groups is 1. The number of hydrogen-bond acceptors (Lipinski definition) is 8. The van der Waals surface area contributed by atoms with E-state index in [1.807, 2.05) is 6.92 Å². The normalized spacial score (nSPS) is 12.9. The summed E-state index contributed by atoms with van der Waals surface area (Å²) < 4.78 is 5.14. The third-order valence-electron chi connectivity index (χ3n) is 5.17. The fraction of sp³-hybridized carbons (Fsp3) is 0.500. The number of nitrogens with zero attached hydrogens (tertiary/aromatic N) is 3. The summed E-state index contributed by atoms with van der Waals surface area (Å²) >= 11 is 6.08. The van der Waals surface area contributed by atoms with Crippen LogP contribution in [0, 0.1) is 0 Å². The maximum absolute atomic E-state index is 13.1. The molecule has 0 radical (unpaired) electrons. The lowest BCUT2D eigenvalue weighted by molar-refractivity contribution is 0.148. The van der Waals surface area contributed by atoms with E-state index in [1.54, 1.807) is 30.5 Å². The second-order valence-corrected chi connectivity index (χ2v) is 10.3. The van der Waals surface area contributed by atoms with Crippen LogP contribution in [0.15, 0.2) is 30.5 Å². The van der Waals surface area contributed by atoms with E-state index in [4.69, 9.17) is 16.3 Å². The number of benzene rings is 1. The van der Waals surface area contributed by atoms with Gasteiger partial charge in [-0.2, -0.15) is 0 Å². The molecule has 9 nitrogen and oxygen atoms in total. The van der Waals surface area contributed by atoms with Crippen molar-refractivity contribution in [2.45, 2.75) is 45.2 Å². The fourth-order valence-corrected chi connectivity index (χ4v) is 4.72. The Morgan fingerprint density at radius 2 is 1.81 bits per heavy atom. The highest BCUT2D eigenvalue weighted by Crippen LogP contribution is 2.50. The monoisotopic (exact) mass is 505 g/mol. The molecule has 0 fully saturated rings. The van der Waals surface area contributed by atoms with Crippen molar-refractivity contribution in [1.82, 2.24) is 9.88 Å². The number of carbonyl (C=O) groups excluding carboxylic acids is 1. The van der Waals surface area contributed by atoms with E-state index in [0.717, 1.165) is 26.1 Å². The number of rotatable bonds is 11. The highest BCUT2D eigenvalue weighted by molar-refractivity contribution is 7.64. The number of amides is 1. The van der Waals surface area contributed by atoms with E-state index in [1.165, 1.54) is 4.90 Å². The van der Waals surface area contributed by atoms with E-state index in [2.05, 4.69) is 23.7 Å². The van der Waals surface area contributed by atoms with Gasteiger partial charge in [-0.1, -0.05) is 25.4 Å². The first kappa shape index (κ1) is 27.1. The number of pyridine rings is 1. The van der Waals surface area contributed by atoms with Gasteiger partial charge in [-0.15, -0.1) is 0 Å². The first-order chi connectivity index (χ1) is 15.2. The molecular weight excluding hydrogens is 476 g/mol. The fourth-order valence-electron chi connectivity index (χ4n) is 3.44. The van der Waals surface area contributed by atoms with Gasteiger partial charge in [0.15, 0.2) is 0 Å². The molecule has 2 rings (SSSR count). The summed E-state index contributed by atoms with van der Waals surface area (Å²) in [7, 11) is -5.78. The minimum atomic E-state index is -2.89. The van der Waals surface area contributed by atoms with E-state index in [0.29, 0.717) is 28.0 Å². The van der Waals surface area contributed by atoms with Crippen LogP contribution in [0.1, 0.15) is 33.6 Å². The van der Waals surface area contributed by atoms with Gasteiger partial charge >= 0.3 is 6.09 Å². The molecule has 0 spiro atoms. The number of fused-ring (bicyclic) bond motifs is 1. The zero-order valence-corrected chi connectivity index (χ0v) is 20.8. The topological polar surface area (TPSA) is 127 Å². The van der Waals surface area contributed by atoms with E-state index >= 15 is 0 Å². The molecule has 0 saturated heterocycles. The van der Waals surface area contributed by atoms with Gasteiger partial charge in [0.2, 0.25) is 22.3 Å². The van der Waals surface area contributed by atoms with Gasteiger partial charge < -0.3 is 29.2 Å². The second kappa shape index (κ2) is 12.9. The Bertz CT molecular complexity index is 880. The highest BCUT2D eigenvalue weighted by Gasteiger charge is 2.34. The van der Waals surface area contributed by atoms with Crippen LogP contribution in [0.5, 0.6) is 0 Å². The van der Waals surface area contributed by atoms with E-state index in [-0.39, 0.29) is 6.04 Å². The van der Waals surface area contributed by atoms with Crippen molar-refractivity contribution in [3.63, 3.8) is 0 Å². The molecule has 1 aromatic heterocycles. The minimum Gasteiger partial charge on any atom is -0.426 e. The highest BCUT2D eigenvalue weighted by atomic mass is 35.5. The zero-order valence-electron chi connectivity index (χ0n) is 18.3. The van der Waals surface area contributed by atoms with Crippen LogP contribution >= 0.6 is 28.4 Å². The van der Waals surface area contributed by atoms with Crippen molar-refractivity contribution < 1.29 is 29.1 Å². The lowest BCUT2D eigenvalue weighted by Crippen LogP contribution is -2.41. The summed E-state index contributed by atoms with van der Waals surface area (Å²) in [4.78, 5) is 59.0. The first-order valence-electron chi connectivity index (χ1n) is 10.3. The molecule has 32 heavy (non-hydrogen) atoms. The summed E-state index contributed by atoms with van der Waals surface area (Å²) in [6, 6.07) is 6.45. The van der Waals surface area contributed by atoms with Gasteiger partial charge in [-0.25, -0.2) is 4.79 Å². The molecule has 1 heterocycles. The van der Waals surface area contributed by atoms with Crippen LogP contribution in [0.4, 0.5) is 10.5 Å². The van der Waals surface area contributed by atoms with Crippen LogP contribution in [0.25, 0.3) is 10.9 Å². The average molecular weight is 506 g/mol. The summed E-state index contributed by atoms with van der Waals surface area (Å²) in [5, 5.41) is 1.16.